The number of aromatic hydroxyl groups is 1. The van der Waals surface area contributed by atoms with Gasteiger partial charge in [-0.1, -0.05) is 18.9 Å². The molecule has 0 aromatic carbocycles. The molecule has 146 valence electrons. The summed E-state index contributed by atoms with van der Waals surface area (Å²) in [6.45, 7) is 3.59. The first kappa shape index (κ1) is 17.2. The van der Waals surface area contributed by atoms with Gasteiger partial charge in [0.05, 0.1) is 34.2 Å². The summed E-state index contributed by atoms with van der Waals surface area (Å²) in [5.41, 5.74) is 4.36. The highest BCUT2D eigenvalue weighted by molar-refractivity contribution is 5.77. The van der Waals surface area contributed by atoms with E-state index in [0.29, 0.717) is 5.56 Å². The molecule has 0 saturated heterocycles. The molecular formula is C21H25N5O2. The molecular weight excluding hydrogens is 354 g/mol. The van der Waals surface area contributed by atoms with Gasteiger partial charge in [-0.2, -0.15) is 5.10 Å². The van der Waals surface area contributed by atoms with Crippen LogP contribution < -0.4 is 5.32 Å². The summed E-state index contributed by atoms with van der Waals surface area (Å²) in [4.78, 5) is 17.9. The van der Waals surface area contributed by atoms with E-state index in [4.69, 9.17) is 0 Å². The van der Waals surface area contributed by atoms with Gasteiger partial charge in [0.1, 0.15) is 6.04 Å². The molecule has 3 aromatic rings. The van der Waals surface area contributed by atoms with Crippen molar-refractivity contribution >= 4 is 17.1 Å². The van der Waals surface area contributed by atoms with Gasteiger partial charge in [0.2, 0.25) is 5.91 Å². The van der Waals surface area contributed by atoms with E-state index >= 15 is 0 Å². The highest BCUT2D eigenvalue weighted by Crippen LogP contribution is 2.45. The molecule has 2 aliphatic rings. The number of hydrogen-bond acceptors (Lipinski definition) is 4. The first-order valence-corrected chi connectivity index (χ1v) is 9.95. The number of nitrogens with one attached hydrogen (secondary N) is 2. The molecule has 28 heavy (non-hydrogen) atoms. The van der Waals surface area contributed by atoms with Gasteiger partial charge >= 0.3 is 0 Å². The summed E-state index contributed by atoms with van der Waals surface area (Å²) in [7, 11) is 0. The summed E-state index contributed by atoms with van der Waals surface area (Å²) in [5, 5.41) is 19.0. The Labute approximate surface area is 163 Å². The number of aromatic nitrogens is 3. The number of fused-ring (bicyclic) bond motifs is 3. The van der Waals surface area contributed by atoms with Crippen molar-refractivity contribution in [2.45, 2.75) is 57.7 Å². The molecule has 0 radical (unpaired) electrons. The summed E-state index contributed by atoms with van der Waals surface area (Å²) in [6, 6.07) is 7.87. The fraction of sp³-hybridized carbons (Fsp3) is 0.429. The molecule has 1 aliphatic carbocycles. The number of amides is 1. The van der Waals surface area contributed by atoms with E-state index in [2.05, 4.69) is 15.4 Å². The molecule has 0 bridgehead atoms. The minimum absolute atomic E-state index is 0.0121. The van der Waals surface area contributed by atoms with E-state index in [1.165, 1.54) is 0 Å². The third-order valence-electron chi connectivity index (χ3n) is 6.16. The Kier molecular flexibility index (Phi) is 3.86. The Hall–Kier alpha value is -2.96. The van der Waals surface area contributed by atoms with Gasteiger partial charge in [0, 0.05) is 19.2 Å². The lowest BCUT2D eigenvalue weighted by molar-refractivity contribution is -0.134. The van der Waals surface area contributed by atoms with Crippen LogP contribution in [0.3, 0.4) is 0 Å². The maximum absolute atomic E-state index is 13.0. The molecule has 1 fully saturated rings. The highest BCUT2D eigenvalue weighted by Gasteiger charge is 2.43. The molecule has 3 N–H and O–H groups in total. The number of rotatable bonds is 1. The lowest BCUT2D eigenvalue weighted by Crippen LogP contribution is -2.50. The second kappa shape index (κ2) is 6.29. The minimum Gasteiger partial charge on any atom is -0.494 e. The summed E-state index contributed by atoms with van der Waals surface area (Å²) in [5.74, 6) is 0.108. The van der Waals surface area contributed by atoms with Crippen LogP contribution in [0.25, 0.3) is 5.52 Å². The lowest BCUT2D eigenvalue weighted by Gasteiger charge is -2.41. The fourth-order valence-corrected chi connectivity index (χ4v) is 5.04. The van der Waals surface area contributed by atoms with Crippen LogP contribution in [0, 0.1) is 6.92 Å². The molecule has 0 spiro atoms. The normalized spacial score (nSPS) is 24.4. The molecule has 1 saturated carbocycles. The van der Waals surface area contributed by atoms with Gasteiger partial charge in [-0.05, 0) is 38.0 Å². The van der Waals surface area contributed by atoms with Crippen LogP contribution in [-0.2, 0) is 4.79 Å². The largest absolute Gasteiger partial charge is 0.494 e. The summed E-state index contributed by atoms with van der Waals surface area (Å²) < 4.78 is 1.90. The van der Waals surface area contributed by atoms with Crippen molar-refractivity contribution in [2.75, 3.05) is 5.32 Å². The molecule has 0 unspecified atom stereocenters. The number of pyridine rings is 1. The summed E-state index contributed by atoms with van der Waals surface area (Å²) >= 11 is 0. The van der Waals surface area contributed by atoms with Gasteiger partial charge in [-0.3, -0.25) is 4.79 Å². The van der Waals surface area contributed by atoms with Gasteiger partial charge in [0.25, 0.3) is 0 Å². The number of carbonyl (C=O) groups excluding carboxylic acids is 1. The van der Waals surface area contributed by atoms with Crippen molar-refractivity contribution in [3.8, 4) is 5.88 Å². The molecule has 5 rings (SSSR count). The SMILES string of the molecule is CC(=O)N1[C@H](c2cccc3cc(C)nn23)c2c(c[nH]c2O)N[C@@H]2CCCC[C@H]21. The van der Waals surface area contributed by atoms with Crippen molar-refractivity contribution in [3.63, 3.8) is 0 Å². The van der Waals surface area contributed by atoms with Crippen LogP contribution in [0.4, 0.5) is 5.69 Å². The van der Waals surface area contributed by atoms with Crippen LogP contribution in [0.15, 0.2) is 30.5 Å². The maximum Gasteiger partial charge on any atom is 0.220 e. The Bertz CT molecular complexity index is 1050. The predicted molar refractivity (Wildman–Crippen MR) is 106 cm³/mol. The van der Waals surface area contributed by atoms with Crippen molar-refractivity contribution < 1.29 is 9.90 Å². The smallest absolute Gasteiger partial charge is 0.220 e. The second-order valence-corrected chi connectivity index (χ2v) is 7.97. The quantitative estimate of drug-likeness (QED) is 0.605. The second-order valence-electron chi connectivity index (χ2n) is 7.97. The number of carbonyl (C=O) groups is 1. The van der Waals surface area contributed by atoms with E-state index in [0.717, 1.165) is 48.3 Å². The van der Waals surface area contributed by atoms with Crippen molar-refractivity contribution in [2.24, 2.45) is 0 Å². The van der Waals surface area contributed by atoms with E-state index in [1.54, 1.807) is 13.1 Å². The predicted octanol–water partition coefficient (Wildman–Crippen LogP) is 3.35. The number of anilines is 1. The molecule has 4 heterocycles. The Morgan fingerprint density at radius 3 is 2.93 bits per heavy atom. The minimum atomic E-state index is -0.414. The first-order valence-electron chi connectivity index (χ1n) is 9.95. The monoisotopic (exact) mass is 379 g/mol. The zero-order valence-corrected chi connectivity index (χ0v) is 16.1. The van der Waals surface area contributed by atoms with Gasteiger partial charge in [-0.25, -0.2) is 4.52 Å². The first-order chi connectivity index (χ1) is 13.5. The van der Waals surface area contributed by atoms with E-state index in [-0.39, 0.29) is 23.9 Å². The van der Waals surface area contributed by atoms with Crippen LogP contribution in [-0.4, -0.2) is 42.6 Å². The molecule has 3 aromatic heterocycles. The molecule has 7 heteroatoms. The zero-order chi connectivity index (χ0) is 19.4. The van der Waals surface area contributed by atoms with Crippen molar-refractivity contribution in [1.29, 1.82) is 0 Å². The number of nitrogens with zero attached hydrogens (tertiary/aromatic N) is 3. The maximum atomic E-state index is 13.0. The molecule has 3 atom stereocenters. The molecule has 1 amide bonds. The summed E-state index contributed by atoms with van der Waals surface area (Å²) in [6.07, 6.45) is 6.02. The van der Waals surface area contributed by atoms with Crippen LogP contribution in [0.5, 0.6) is 5.88 Å². The van der Waals surface area contributed by atoms with Crippen LogP contribution >= 0.6 is 0 Å². The standard InChI is InChI=1S/C21H25N5O2/c1-12-10-14-6-5-9-18(26(14)24-12)20-19-16(11-22-21(19)28)23-15-7-3-4-8-17(15)25(20)13(2)27/h5-6,9-11,15,17,20,22-23,28H,3-4,7-8H2,1-2H3/t15-,17-,20-/m1/s1. The third kappa shape index (κ3) is 2.49. The average Bonchev–Trinajstić information content (AvgIpc) is 3.17. The average molecular weight is 379 g/mol. The third-order valence-corrected chi connectivity index (χ3v) is 6.16. The number of hydrogen-bond donors (Lipinski definition) is 3. The molecule has 7 nitrogen and oxygen atoms in total. The van der Waals surface area contributed by atoms with Gasteiger partial charge in [-0.15, -0.1) is 0 Å². The topological polar surface area (TPSA) is 85.7 Å². The van der Waals surface area contributed by atoms with Gasteiger partial charge < -0.3 is 20.3 Å². The number of H-pyrrole nitrogens is 1. The van der Waals surface area contributed by atoms with E-state index < -0.39 is 6.04 Å². The fourth-order valence-electron chi connectivity index (χ4n) is 5.04. The lowest BCUT2D eigenvalue weighted by atomic mass is 9.88. The number of aryl methyl sites for hydroxylation is 1. The highest BCUT2D eigenvalue weighted by atomic mass is 16.3. The van der Waals surface area contributed by atoms with Crippen LogP contribution in [0.1, 0.15) is 55.6 Å². The van der Waals surface area contributed by atoms with E-state index in [1.807, 2.05) is 40.6 Å². The van der Waals surface area contributed by atoms with E-state index in [9.17, 15) is 9.90 Å². The van der Waals surface area contributed by atoms with Gasteiger partial charge in [0.15, 0.2) is 5.88 Å². The zero-order valence-electron chi connectivity index (χ0n) is 16.1. The van der Waals surface area contributed by atoms with Crippen LogP contribution in [0.2, 0.25) is 0 Å². The van der Waals surface area contributed by atoms with Crippen molar-refractivity contribution in [1.82, 2.24) is 19.5 Å². The molecule has 1 aliphatic heterocycles. The Morgan fingerprint density at radius 1 is 1.29 bits per heavy atom. The Balaban J connectivity index is 1.78. The number of aromatic amines is 1. The Morgan fingerprint density at radius 2 is 2.11 bits per heavy atom. The van der Waals surface area contributed by atoms with Crippen molar-refractivity contribution in [3.05, 3.63) is 47.4 Å².